The maximum atomic E-state index is 14.0. The van der Waals surface area contributed by atoms with Crippen LogP contribution in [-0.4, -0.2) is 119 Å². The molecule has 46 heavy (non-hydrogen) atoms. The summed E-state index contributed by atoms with van der Waals surface area (Å²) in [7, 11) is -1.36. The second-order valence-corrected chi connectivity index (χ2v) is 20.0. The number of carbonyl (C=O) groups is 4. The fraction of sp³-hybridized carbons (Fsp3) is 0.645. The Balaban J connectivity index is 1.41. The summed E-state index contributed by atoms with van der Waals surface area (Å²) in [4.78, 5) is 71.0. The Bertz CT molecular complexity index is 1590. The van der Waals surface area contributed by atoms with Gasteiger partial charge in [0.15, 0.2) is 0 Å². The first-order valence-corrected chi connectivity index (χ1v) is 19.7. The quantitative estimate of drug-likeness (QED) is 0.247. The topological polar surface area (TPSA) is 156 Å². The highest BCUT2D eigenvalue weighted by Crippen LogP contribution is 2.34. The summed E-state index contributed by atoms with van der Waals surface area (Å²) < 4.78 is 14.2. The number of rotatable bonds is 8. The maximum absolute atomic E-state index is 14.0. The predicted molar refractivity (Wildman–Crippen MR) is 174 cm³/mol. The number of piperidine rings is 1. The number of piperazine rings is 1. The van der Waals surface area contributed by atoms with E-state index >= 15 is 0 Å². The van der Waals surface area contributed by atoms with Gasteiger partial charge in [0.05, 0.1) is 34.9 Å². The van der Waals surface area contributed by atoms with Gasteiger partial charge in [0, 0.05) is 53.8 Å². The van der Waals surface area contributed by atoms with Crippen LogP contribution in [0, 0.1) is 0 Å². The lowest BCUT2D eigenvalue weighted by Crippen LogP contribution is -2.58. The number of nitrogens with one attached hydrogen (secondary N) is 1. The number of imide groups is 1. The van der Waals surface area contributed by atoms with Crippen LogP contribution in [0.15, 0.2) is 16.9 Å². The molecule has 0 bridgehead atoms. The molecule has 0 radical (unpaired) electrons. The van der Waals surface area contributed by atoms with Gasteiger partial charge in [-0.15, -0.1) is 0 Å². The minimum absolute atomic E-state index is 0.104. The number of benzene rings is 1. The number of nitrogens with zero attached hydrogens (tertiary/aromatic N) is 5. The fourth-order valence-electron chi connectivity index (χ4n) is 6.19. The molecule has 14 nitrogen and oxygen atoms in total. The average Bonchev–Trinajstić information content (AvgIpc) is 3.27. The van der Waals surface area contributed by atoms with Crippen LogP contribution in [0.5, 0.6) is 0 Å². The van der Waals surface area contributed by atoms with Crippen molar-refractivity contribution in [2.45, 2.75) is 83.5 Å². The molecule has 0 saturated carbocycles. The summed E-state index contributed by atoms with van der Waals surface area (Å²) in [5.41, 5.74) is 0.744. The number of hydrogen-bond donors (Lipinski definition) is 2. The molecular weight excluding hydrogens is 612 g/mol. The zero-order chi connectivity index (χ0) is 33.6. The van der Waals surface area contributed by atoms with Crippen molar-refractivity contribution >= 4 is 48.6 Å². The first-order chi connectivity index (χ1) is 21.6. The Morgan fingerprint density at radius 2 is 1.83 bits per heavy atom. The number of aliphatic hydroxyl groups is 1. The molecule has 4 heterocycles. The first kappa shape index (κ1) is 33.7. The van der Waals surface area contributed by atoms with Crippen molar-refractivity contribution in [2.75, 3.05) is 51.4 Å². The molecule has 2 fully saturated rings. The molecule has 1 aromatic carbocycles. The number of hydrogen-bond acceptors (Lipinski definition) is 9. The highest BCUT2D eigenvalue weighted by atomic mass is 28.3. The highest BCUT2D eigenvalue weighted by molar-refractivity contribution is 6.76. The molecule has 3 aliphatic rings. The van der Waals surface area contributed by atoms with Crippen LogP contribution in [0.3, 0.4) is 0 Å². The van der Waals surface area contributed by atoms with E-state index in [9.17, 15) is 29.1 Å². The van der Waals surface area contributed by atoms with Gasteiger partial charge in [-0.1, -0.05) is 19.6 Å². The molecule has 5 rings (SSSR count). The summed E-state index contributed by atoms with van der Waals surface area (Å²) in [5, 5.41) is 13.5. The number of ether oxygens (including phenoxy) is 2. The molecule has 0 spiro atoms. The van der Waals surface area contributed by atoms with E-state index < -0.39 is 37.8 Å². The van der Waals surface area contributed by atoms with Crippen LogP contribution in [0.1, 0.15) is 50.0 Å². The number of likely N-dealkylation sites (tertiary alicyclic amines) is 1. The van der Waals surface area contributed by atoms with Gasteiger partial charge < -0.3 is 29.7 Å². The van der Waals surface area contributed by atoms with E-state index in [2.05, 4.69) is 25.0 Å². The monoisotopic (exact) mass is 658 g/mol. The molecule has 2 saturated heterocycles. The molecule has 2 N–H and O–H groups in total. The van der Waals surface area contributed by atoms with Gasteiger partial charge in [-0.3, -0.25) is 28.4 Å². The van der Waals surface area contributed by atoms with E-state index in [1.54, 1.807) is 42.4 Å². The third-order valence-electron chi connectivity index (χ3n) is 8.61. The van der Waals surface area contributed by atoms with E-state index in [1.807, 2.05) is 0 Å². The van der Waals surface area contributed by atoms with Gasteiger partial charge >= 0.3 is 11.8 Å². The summed E-state index contributed by atoms with van der Waals surface area (Å²) in [6.07, 6.45) is -0.213. The Kier molecular flexibility index (Phi) is 9.39. The summed E-state index contributed by atoms with van der Waals surface area (Å²) >= 11 is 0. The van der Waals surface area contributed by atoms with E-state index in [-0.39, 0.29) is 63.3 Å². The van der Waals surface area contributed by atoms with E-state index in [0.717, 1.165) is 10.9 Å². The van der Waals surface area contributed by atoms with Crippen molar-refractivity contribution in [3.05, 3.63) is 28.2 Å². The van der Waals surface area contributed by atoms with Crippen molar-refractivity contribution in [1.82, 2.24) is 23.8 Å². The van der Waals surface area contributed by atoms with Gasteiger partial charge in [0.2, 0.25) is 5.91 Å². The number of anilines is 1. The van der Waals surface area contributed by atoms with E-state index in [4.69, 9.17) is 9.47 Å². The average molecular weight is 659 g/mol. The normalized spacial score (nSPS) is 20.7. The van der Waals surface area contributed by atoms with Crippen LogP contribution in [0.2, 0.25) is 25.7 Å². The Labute approximate surface area is 269 Å². The standard InChI is InChI=1S/C31H46N6O8Si/c1-31(2,3)45-30(43)33-13-14-34(20(17-33)18-38)27(40)21-7-8-22-26-25(21)32-11-12-35(26)29(42)37(22)23-9-10-24(39)36(28(23)41)19-44-15-16-46(4,5)6/h7-8,20,23,32,38H,9-19H2,1-6H3/t20-,23?/m1/s1. The Morgan fingerprint density at radius 1 is 1.09 bits per heavy atom. The largest absolute Gasteiger partial charge is 0.444 e. The zero-order valence-corrected chi connectivity index (χ0v) is 28.6. The molecule has 15 heteroatoms. The fourth-order valence-corrected chi connectivity index (χ4v) is 6.95. The zero-order valence-electron chi connectivity index (χ0n) is 27.6. The van der Waals surface area contributed by atoms with Gasteiger partial charge in [-0.25, -0.2) is 9.59 Å². The van der Waals surface area contributed by atoms with Crippen molar-refractivity contribution < 1.29 is 33.8 Å². The van der Waals surface area contributed by atoms with Gasteiger partial charge in [0.1, 0.15) is 18.4 Å². The SMILES string of the molecule is CC(C)(C)OC(=O)N1CCN(C(=O)c2ccc3c4c2NCCn4c(=O)n3C2CCC(=O)N(COCC[Si](C)(C)C)C2=O)[C@@H](CO)C1. The molecule has 4 amide bonds. The number of amides is 4. The molecule has 0 aliphatic carbocycles. The molecule has 2 aromatic rings. The third-order valence-corrected chi connectivity index (χ3v) is 10.3. The summed E-state index contributed by atoms with van der Waals surface area (Å²) in [6, 6.07) is 2.66. The lowest BCUT2D eigenvalue weighted by Gasteiger charge is -2.41. The van der Waals surface area contributed by atoms with Crippen molar-refractivity contribution in [1.29, 1.82) is 0 Å². The van der Waals surface area contributed by atoms with Crippen molar-refractivity contribution in [3.8, 4) is 0 Å². The molecule has 3 aliphatic heterocycles. The van der Waals surface area contributed by atoms with Gasteiger partial charge in [-0.2, -0.15) is 0 Å². The molecule has 1 unspecified atom stereocenters. The molecule has 1 aromatic heterocycles. The first-order valence-electron chi connectivity index (χ1n) is 15.9. The predicted octanol–water partition coefficient (Wildman–Crippen LogP) is 2.28. The smallest absolute Gasteiger partial charge is 0.410 e. The number of imidazole rings is 1. The number of aromatic nitrogens is 2. The van der Waals surface area contributed by atoms with Crippen molar-refractivity contribution in [2.24, 2.45) is 0 Å². The highest BCUT2D eigenvalue weighted by Gasteiger charge is 2.40. The van der Waals surface area contributed by atoms with Crippen molar-refractivity contribution in [3.63, 3.8) is 0 Å². The molecular formula is C31H46N6O8Si. The number of carbonyl (C=O) groups excluding carboxylic acids is 4. The van der Waals surface area contributed by atoms with E-state index in [0.29, 0.717) is 42.0 Å². The van der Waals surface area contributed by atoms with Crippen LogP contribution < -0.4 is 11.0 Å². The Morgan fingerprint density at radius 3 is 2.50 bits per heavy atom. The van der Waals surface area contributed by atoms with Gasteiger partial charge in [-0.05, 0) is 45.4 Å². The van der Waals surface area contributed by atoms with Crippen LogP contribution in [0.25, 0.3) is 11.0 Å². The lowest BCUT2D eigenvalue weighted by atomic mass is 10.0. The third kappa shape index (κ3) is 6.71. The summed E-state index contributed by atoms with van der Waals surface area (Å²) in [5.74, 6) is -1.15. The van der Waals surface area contributed by atoms with Gasteiger partial charge in [0.25, 0.3) is 11.8 Å². The minimum atomic E-state index is -1.36. The Hall–Kier alpha value is -3.69. The molecule has 252 valence electrons. The second kappa shape index (κ2) is 12.8. The van der Waals surface area contributed by atoms with Crippen LogP contribution in [0.4, 0.5) is 10.5 Å². The lowest BCUT2D eigenvalue weighted by molar-refractivity contribution is -0.157. The molecule has 2 atom stereocenters. The van der Waals surface area contributed by atoms with Crippen LogP contribution in [-0.2, 0) is 25.6 Å². The van der Waals surface area contributed by atoms with E-state index in [1.165, 1.54) is 9.47 Å². The van der Waals surface area contributed by atoms with Crippen LogP contribution >= 0.6 is 0 Å². The summed E-state index contributed by atoms with van der Waals surface area (Å²) in [6.45, 7) is 13.2. The number of aliphatic hydroxyl groups excluding tert-OH is 1. The second-order valence-electron chi connectivity index (χ2n) is 14.4. The maximum Gasteiger partial charge on any atom is 0.410 e. The minimum Gasteiger partial charge on any atom is -0.444 e.